The summed E-state index contributed by atoms with van der Waals surface area (Å²) in [5, 5.41) is 5.83. The van der Waals surface area contributed by atoms with Crippen LogP contribution in [0.2, 0.25) is 0 Å². The number of para-hydroxylation sites is 1. The zero-order valence-corrected chi connectivity index (χ0v) is 16.1. The van der Waals surface area contributed by atoms with Gasteiger partial charge in [-0.2, -0.15) is 11.8 Å². The molecule has 2 aromatic rings. The van der Waals surface area contributed by atoms with E-state index in [-0.39, 0.29) is 12.1 Å². The second-order valence-electron chi connectivity index (χ2n) is 6.88. The molecule has 27 heavy (non-hydrogen) atoms. The van der Waals surface area contributed by atoms with Crippen LogP contribution in [0.3, 0.4) is 0 Å². The van der Waals surface area contributed by atoms with Gasteiger partial charge in [-0.3, -0.25) is 0 Å². The number of urea groups is 1. The van der Waals surface area contributed by atoms with Gasteiger partial charge in [-0.1, -0.05) is 30.3 Å². The van der Waals surface area contributed by atoms with E-state index in [1.807, 2.05) is 30.0 Å². The van der Waals surface area contributed by atoms with E-state index in [1.165, 1.54) is 22.8 Å². The maximum absolute atomic E-state index is 12.1. The molecule has 2 aliphatic rings. The number of amides is 2. The number of nitrogens with zero attached hydrogens (tertiary/aromatic N) is 1. The second-order valence-corrected chi connectivity index (χ2v) is 8.11. The van der Waals surface area contributed by atoms with Crippen molar-refractivity contribution in [2.24, 2.45) is 0 Å². The van der Waals surface area contributed by atoms with Crippen LogP contribution in [-0.2, 0) is 13.0 Å². The molecular formula is C21H25N3O2S. The van der Waals surface area contributed by atoms with Crippen LogP contribution in [0.1, 0.15) is 11.1 Å². The number of fused-ring (bicyclic) bond motifs is 1. The molecular weight excluding hydrogens is 358 g/mol. The first-order chi connectivity index (χ1) is 13.3. The van der Waals surface area contributed by atoms with Gasteiger partial charge < -0.3 is 20.3 Å². The lowest BCUT2D eigenvalue weighted by molar-refractivity contribution is 0.214. The van der Waals surface area contributed by atoms with Crippen LogP contribution >= 0.6 is 11.8 Å². The largest absolute Gasteiger partial charge is 0.488 e. The van der Waals surface area contributed by atoms with Crippen LogP contribution in [0, 0.1) is 0 Å². The highest BCUT2D eigenvalue weighted by Crippen LogP contribution is 2.27. The highest BCUT2D eigenvalue weighted by molar-refractivity contribution is 7.99. The van der Waals surface area contributed by atoms with Gasteiger partial charge in [-0.05, 0) is 29.3 Å². The number of carbonyl (C=O) groups excluding carboxylic acids is 1. The predicted molar refractivity (Wildman–Crippen MR) is 111 cm³/mol. The fourth-order valence-corrected chi connectivity index (χ4v) is 4.37. The Morgan fingerprint density at radius 3 is 2.63 bits per heavy atom. The van der Waals surface area contributed by atoms with Crippen molar-refractivity contribution in [1.82, 2.24) is 10.6 Å². The number of carbonyl (C=O) groups is 1. The molecule has 0 aromatic heterocycles. The third-order valence-electron chi connectivity index (χ3n) is 4.97. The highest BCUT2D eigenvalue weighted by atomic mass is 32.2. The molecule has 0 aliphatic carbocycles. The van der Waals surface area contributed by atoms with Crippen molar-refractivity contribution in [3.05, 3.63) is 59.7 Å². The van der Waals surface area contributed by atoms with Crippen LogP contribution in [0.5, 0.6) is 5.75 Å². The molecule has 1 atom stereocenters. The lowest BCUT2D eigenvalue weighted by Gasteiger charge is -2.28. The first-order valence-electron chi connectivity index (χ1n) is 9.46. The Balaban J connectivity index is 1.19. The molecule has 0 radical (unpaired) electrons. The van der Waals surface area contributed by atoms with Gasteiger partial charge in [-0.15, -0.1) is 0 Å². The monoisotopic (exact) mass is 383 g/mol. The SMILES string of the molecule is O=C(NCc1ccc(N2CCSCC2)cc1)NCC1Cc2ccccc2O1. The molecule has 2 N–H and O–H groups in total. The van der Waals surface area contributed by atoms with Gasteiger partial charge in [0.1, 0.15) is 11.9 Å². The topological polar surface area (TPSA) is 53.6 Å². The summed E-state index contributed by atoms with van der Waals surface area (Å²) in [7, 11) is 0. The Morgan fingerprint density at radius 2 is 1.85 bits per heavy atom. The number of anilines is 1. The lowest BCUT2D eigenvalue weighted by Crippen LogP contribution is -2.40. The zero-order chi connectivity index (χ0) is 18.5. The van der Waals surface area contributed by atoms with Crippen molar-refractivity contribution in [1.29, 1.82) is 0 Å². The van der Waals surface area contributed by atoms with E-state index in [9.17, 15) is 4.79 Å². The fraction of sp³-hybridized carbons (Fsp3) is 0.381. The van der Waals surface area contributed by atoms with Crippen molar-refractivity contribution in [3.63, 3.8) is 0 Å². The minimum absolute atomic E-state index is 0.00939. The maximum atomic E-state index is 12.1. The Bertz CT molecular complexity index is 750. The van der Waals surface area contributed by atoms with Crippen LogP contribution in [0.25, 0.3) is 0 Å². The van der Waals surface area contributed by atoms with Crippen molar-refractivity contribution >= 4 is 23.5 Å². The first-order valence-corrected chi connectivity index (χ1v) is 10.6. The molecule has 4 rings (SSSR count). The molecule has 1 fully saturated rings. The summed E-state index contributed by atoms with van der Waals surface area (Å²) < 4.78 is 5.84. The molecule has 6 heteroatoms. The summed E-state index contributed by atoms with van der Waals surface area (Å²) >= 11 is 2.01. The van der Waals surface area contributed by atoms with Gasteiger partial charge in [0.15, 0.2) is 0 Å². The Kier molecular flexibility index (Phi) is 5.72. The smallest absolute Gasteiger partial charge is 0.315 e. The standard InChI is InChI=1S/C21H25N3O2S/c25-21(23-15-19-13-17-3-1-2-4-20(17)26-19)22-14-16-5-7-18(8-6-16)24-9-11-27-12-10-24/h1-8,19H,9-15H2,(H2,22,23,25). The Morgan fingerprint density at radius 1 is 1.07 bits per heavy atom. The quantitative estimate of drug-likeness (QED) is 0.833. The molecule has 2 aromatic carbocycles. The van der Waals surface area contributed by atoms with Crippen molar-refractivity contribution in [2.45, 2.75) is 19.1 Å². The number of nitrogens with one attached hydrogen (secondary N) is 2. The number of rotatable bonds is 5. The molecule has 1 saturated heterocycles. The number of benzene rings is 2. The minimum Gasteiger partial charge on any atom is -0.488 e. The van der Waals surface area contributed by atoms with E-state index in [0.717, 1.165) is 30.8 Å². The number of hydrogen-bond donors (Lipinski definition) is 2. The zero-order valence-electron chi connectivity index (χ0n) is 15.3. The predicted octanol–water partition coefficient (Wildman–Crippen LogP) is 3.04. The van der Waals surface area contributed by atoms with E-state index >= 15 is 0 Å². The molecule has 2 heterocycles. The fourth-order valence-electron chi connectivity index (χ4n) is 3.47. The average molecular weight is 384 g/mol. The maximum Gasteiger partial charge on any atom is 0.315 e. The van der Waals surface area contributed by atoms with Gasteiger partial charge in [0, 0.05) is 43.2 Å². The van der Waals surface area contributed by atoms with E-state index in [2.05, 4.69) is 45.9 Å². The van der Waals surface area contributed by atoms with E-state index in [1.54, 1.807) is 0 Å². The molecule has 1 unspecified atom stereocenters. The summed E-state index contributed by atoms with van der Waals surface area (Å²) in [6.45, 7) is 3.25. The van der Waals surface area contributed by atoms with Crippen LogP contribution in [0.15, 0.2) is 48.5 Å². The summed E-state index contributed by atoms with van der Waals surface area (Å²) in [6, 6.07) is 16.3. The van der Waals surface area contributed by atoms with Crippen LogP contribution in [0.4, 0.5) is 10.5 Å². The summed E-state index contributed by atoms with van der Waals surface area (Å²) in [6.07, 6.45) is 0.850. The summed E-state index contributed by atoms with van der Waals surface area (Å²) in [4.78, 5) is 14.5. The van der Waals surface area contributed by atoms with Crippen molar-refractivity contribution in [2.75, 3.05) is 36.0 Å². The van der Waals surface area contributed by atoms with Gasteiger partial charge in [-0.25, -0.2) is 4.79 Å². The third kappa shape index (κ3) is 4.69. The van der Waals surface area contributed by atoms with Crippen molar-refractivity contribution < 1.29 is 9.53 Å². The lowest BCUT2D eigenvalue weighted by atomic mass is 10.1. The average Bonchev–Trinajstić information content (AvgIpc) is 3.15. The second kappa shape index (κ2) is 8.57. The first kappa shape index (κ1) is 18.0. The Hall–Kier alpha value is -2.34. The molecule has 142 valence electrons. The molecule has 0 spiro atoms. The number of ether oxygens (including phenoxy) is 1. The summed E-state index contributed by atoms with van der Waals surface area (Å²) in [5.74, 6) is 3.32. The molecule has 2 aliphatic heterocycles. The normalized spacial score (nSPS) is 18.5. The summed E-state index contributed by atoms with van der Waals surface area (Å²) in [5.41, 5.74) is 3.57. The number of thioether (sulfide) groups is 1. The Labute approximate surface area is 164 Å². The molecule has 5 nitrogen and oxygen atoms in total. The molecule has 0 bridgehead atoms. The molecule has 2 amide bonds. The van der Waals surface area contributed by atoms with Crippen LogP contribution < -0.4 is 20.3 Å². The molecule has 0 saturated carbocycles. The van der Waals surface area contributed by atoms with E-state index < -0.39 is 0 Å². The van der Waals surface area contributed by atoms with Crippen LogP contribution in [-0.4, -0.2) is 43.3 Å². The van der Waals surface area contributed by atoms with Gasteiger partial charge in [0.05, 0.1) is 6.54 Å². The number of hydrogen-bond acceptors (Lipinski definition) is 4. The van der Waals surface area contributed by atoms with Crippen molar-refractivity contribution in [3.8, 4) is 5.75 Å². The van der Waals surface area contributed by atoms with Gasteiger partial charge >= 0.3 is 6.03 Å². The van der Waals surface area contributed by atoms with E-state index in [0.29, 0.717) is 13.1 Å². The van der Waals surface area contributed by atoms with Gasteiger partial charge in [0.2, 0.25) is 0 Å². The van der Waals surface area contributed by atoms with Gasteiger partial charge in [0.25, 0.3) is 0 Å². The minimum atomic E-state index is -0.160. The third-order valence-corrected chi connectivity index (χ3v) is 5.91. The highest BCUT2D eigenvalue weighted by Gasteiger charge is 2.22. The van der Waals surface area contributed by atoms with E-state index in [4.69, 9.17) is 4.74 Å².